The van der Waals surface area contributed by atoms with Gasteiger partial charge >= 0.3 is 6.18 Å². The number of halogens is 3. The van der Waals surface area contributed by atoms with Gasteiger partial charge in [0.05, 0.1) is 18.4 Å². The van der Waals surface area contributed by atoms with E-state index in [1.807, 2.05) is 6.07 Å². The zero-order valence-electron chi connectivity index (χ0n) is 17.4. The maximum Gasteiger partial charge on any atom is 0.416 e. The van der Waals surface area contributed by atoms with Crippen LogP contribution >= 0.6 is 0 Å². The number of alkyl halides is 3. The van der Waals surface area contributed by atoms with E-state index in [1.165, 1.54) is 12.1 Å². The first-order valence-corrected chi connectivity index (χ1v) is 9.85. The number of hydrogen-bond donors (Lipinski definition) is 3. The van der Waals surface area contributed by atoms with Crippen molar-refractivity contribution in [2.24, 2.45) is 4.99 Å². The van der Waals surface area contributed by atoms with Gasteiger partial charge in [-0.2, -0.15) is 13.2 Å². The first-order chi connectivity index (χ1) is 15.3. The molecule has 6 nitrogen and oxygen atoms in total. The molecule has 0 saturated heterocycles. The summed E-state index contributed by atoms with van der Waals surface area (Å²) in [5.74, 6) is 0.935. The Balaban J connectivity index is 1.50. The number of furan rings is 1. The lowest BCUT2D eigenvalue weighted by Crippen LogP contribution is -2.36. The molecular formula is C23H23F3N4O2. The second-order valence-corrected chi connectivity index (χ2v) is 6.94. The Bertz CT molecular complexity index is 1050. The highest BCUT2D eigenvalue weighted by atomic mass is 19.4. The van der Waals surface area contributed by atoms with Crippen LogP contribution in [-0.4, -0.2) is 18.9 Å². The smallest absolute Gasteiger partial charge is 0.416 e. The maximum atomic E-state index is 12.7. The molecular weight excluding hydrogens is 421 g/mol. The van der Waals surface area contributed by atoms with Gasteiger partial charge in [0.2, 0.25) is 0 Å². The van der Waals surface area contributed by atoms with Crippen molar-refractivity contribution in [2.75, 3.05) is 7.05 Å². The summed E-state index contributed by atoms with van der Waals surface area (Å²) in [5.41, 5.74) is 1.39. The predicted molar refractivity (Wildman–Crippen MR) is 115 cm³/mol. The normalized spacial score (nSPS) is 11.8. The average Bonchev–Trinajstić information content (AvgIpc) is 3.31. The molecule has 1 aromatic heterocycles. The summed E-state index contributed by atoms with van der Waals surface area (Å²) in [7, 11) is 1.60. The Hall–Kier alpha value is -3.75. The lowest BCUT2D eigenvalue weighted by atomic mass is 10.1. The van der Waals surface area contributed by atoms with Crippen molar-refractivity contribution in [3.63, 3.8) is 0 Å². The molecule has 0 aliphatic heterocycles. The Morgan fingerprint density at radius 2 is 1.62 bits per heavy atom. The molecule has 3 N–H and O–H groups in total. The Kier molecular flexibility index (Phi) is 7.54. The van der Waals surface area contributed by atoms with Gasteiger partial charge in [0.25, 0.3) is 5.91 Å². The molecule has 0 aliphatic rings. The van der Waals surface area contributed by atoms with Gasteiger partial charge in [-0.25, -0.2) is 0 Å². The van der Waals surface area contributed by atoms with E-state index >= 15 is 0 Å². The van der Waals surface area contributed by atoms with E-state index in [0.29, 0.717) is 42.5 Å². The molecule has 2 aromatic carbocycles. The number of aliphatic imine (C=N–C) groups is 1. The van der Waals surface area contributed by atoms with Crippen LogP contribution in [-0.2, 0) is 25.8 Å². The van der Waals surface area contributed by atoms with Crippen molar-refractivity contribution in [1.82, 2.24) is 16.0 Å². The van der Waals surface area contributed by atoms with E-state index < -0.39 is 11.7 Å². The van der Waals surface area contributed by atoms with E-state index in [1.54, 1.807) is 43.6 Å². The molecule has 0 radical (unpaired) electrons. The zero-order chi connectivity index (χ0) is 23.0. The summed E-state index contributed by atoms with van der Waals surface area (Å²) in [4.78, 5) is 16.5. The quantitative estimate of drug-likeness (QED) is 0.379. The van der Waals surface area contributed by atoms with Crippen molar-refractivity contribution in [3.8, 4) is 0 Å². The SMILES string of the molecule is CN=C(NCc1ccc(C(F)(F)F)cc1)NCc1cccc(C(=O)NCc2ccco2)c1. The highest BCUT2D eigenvalue weighted by Gasteiger charge is 2.29. The molecule has 1 heterocycles. The Morgan fingerprint density at radius 1 is 0.906 bits per heavy atom. The molecule has 3 aromatic rings. The van der Waals surface area contributed by atoms with Crippen LogP contribution in [0.4, 0.5) is 13.2 Å². The second kappa shape index (κ2) is 10.5. The number of guanidine groups is 1. The third-order valence-electron chi connectivity index (χ3n) is 4.62. The summed E-state index contributed by atoms with van der Waals surface area (Å²) >= 11 is 0. The third-order valence-corrected chi connectivity index (χ3v) is 4.62. The lowest BCUT2D eigenvalue weighted by Gasteiger charge is -2.13. The lowest BCUT2D eigenvalue weighted by molar-refractivity contribution is -0.137. The van der Waals surface area contributed by atoms with E-state index in [9.17, 15) is 18.0 Å². The number of carbonyl (C=O) groups excluding carboxylic acids is 1. The van der Waals surface area contributed by atoms with Crippen LogP contribution in [0.1, 0.15) is 32.8 Å². The molecule has 0 spiro atoms. The van der Waals surface area contributed by atoms with Crippen molar-refractivity contribution >= 4 is 11.9 Å². The molecule has 0 fully saturated rings. The van der Waals surface area contributed by atoms with Crippen LogP contribution in [0.15, 0.2) is 76.3 Å². The molecule has 0 unspecified atom stereocenters. The summed E-state index contributed by atoms with van der Waals surface area (Å²) in [6.45, 7) is 1.02. The molecule has 1 amide bonds. The van der Waals surface area contributed by atoms with Crippen molar-refractivity contribution in [1.29, 1.82) is 0 Å². The minimum atomic E-state index is -4.35. The van der Waals surface area contributed by atoms with E-state index in [-0.39, 0.29) is 5.91 Å². The maximum absolute atomic E-state index is 12.7. The molecule has 0 saturated carbocycles. The topological polar surface area (TPSA) is 78.7 Å². The molecule has 0 bridgehead atoms. The van der Waals surface area contributed by atoms with Crippen molar-refractivity contribution < 1.29 is 22.4 Å². The first kappa shape index (κ1) is 22.9. The number of nitrogens with zero attached hydrogens (tertiary/aromatic N) is 1. The van der Waals surface area contributed by atoms with Crippen molar-refractivity contribution in [2.45, 2.75) is 25.8 Å². The number of hydrogen-bond acceptors (Lipinski definition) is 3. The van der Waals surface area contributed by atoms with E-state index in [2.05, 4.69) is 20.9 Å². The number of nitrogens with one attached hydrogen (secondary N) is 3. The van der Waals surface area contributed by atoms with Gasteiger partial charge in [0.1, 0.15) is 5.76 Å². The van der Waals surface area contributed by atoms with Crippen LogP contribution in [0, 0.1) is 0 Å². The molecule has 3 rings (SSSR count). The fourth-order valence-corrected chi connectivity index (χ4v) is 2.91. The van der Waals surface area contributed by atoms with Gasteiger partial charge < -0.3 is 20.4 Å². The van der Waals surface area contributed by atoms with Crippen LogP contribution in [0.3, 0.4) is 0 Å². The zero-order valence-corrected chi connectivity index (χ0v) is 17.4. The molecule has 9 heteroatoms. The Labute approximate surface area is 183 Å². The van der Waals surface area contributed by atoms with Crippen LogP contribution in [0.2, 0.25) is 0 Å². The fraction of sp³-hybridized carbons (Fsp3) is 0.217. The number of benzene rings is 2. The number of carbonyl (C=O) groups is 1. The van der Waals surface area contributed by atoms with Gasteiger partial charge in [-0.05, 0) is 47.5 Å². The van der Waals surface area contributed by atoms with Gasteiger partial charge in [0.15, 0.2) is 5.96 Å². The Morgan fingerprint density at radius 3 is 2.25 bits per heavy atom. The minimum Gasteiger partial charge on any atom is -0.467 e. The minimum absolute atomic E-state index is 0.215. The van der Waals surface area contributed by atoms with Crippen molar-refractivity contribution in [3.05, 3.63) is 94.9 Å². The summed E-state index contributed by atoms with van der Waals surface area (Å²) in [6, 6.07) is 15.6. The highest BCUT2D eigenvalue weighted by molar-refractivity contribution is 5.94. The molecule has 0 aliphatic carbocycles. The summed E-state index contributed by atoms with van der Waals surface area (Å²) < 4.78 is 43.2. The van der Waals surface area contributed by atoms with Gasteiger partial charge in [-0.15, -0.1) is 0 Å². The predicted octanol–water partition coefficient (Wildman–Crippen LogP) is 4.09. The fourth-order valence-electron chi connectivity index (χ4n) is 2.91. The number of rotatable bonds is 7. The van der Waals surface area contributed by atoms with Gasteiger partial charge in [0, 0.05) is 25.7 Å². The van der Waals surface area contributed by atoms with Gasteiger partial charge in [-0.1, -0.05) is 24.3 Å². The summed E-state index contributed by atoms with van der Waals surface area (Å²) in [6.07, 6.45) is -2.81. The highest BCUT2D eigenvalue weighted by Crippen LogP contribution is 2.29. The largest absolute Gasteiger partial charge is 0.467 e. The molecule has 32 heavy (non-hydrogen) atoms. The molecule has 168 valence electrons. The summed E-state index contributed by atoms with van der Waals surface area (Å²) in [5, 5.41) is 8.98. The van der Waals surface area contributed by atoms with E-state index in [4.69, 9.17) is 4.42 Å². The van der Waals surface area contributed by atoms with E-state index in [0.717, 1.165) is 17.7 Å². The number of amides is 1. The van der Waals surface area contributed by atoms with Crippen LogP contribution in [0.25, 0.3) is 0 Å². The third kappa shape index (κ3) is 6.63. The monoisotopic (exact) mass is 444 g/mol. The van der Waals surface area contributed by atoms with Crippen LogP contribution < -0.4 is 16.0 Å². The average molecular weight is 444 g/mol. The standard InChI is InChI=1S/C23H23F3N4O2/c1-27-22(29-13-16-7-9-19(10-8-16)23(24,25)26)30-14-17-4-2-5-18(12-17)21(31)28-15-20-6-3-11-32-20/h2-12H,13-15H2,1H3,(H,28,31)(H2,27,29,30). The van der Waals surface area contributed by atoms with Crippen LogP contribution in [0.5, 0.6) is 0 Å². The second-order valence-electron chi connectivity index (χ2n) is 6.94. The van der Waals surface area contributed by atoms with Gasteiger partial charge in [-0.3, -0.25) is 9.79 Å². The molecule has 0 atom stereocenters. The first-order valence-electron chi connectivity index (χ1n) is 9.85.